The monoisotopic (exact) mass is 567 g/mol. The maximum Gasteiger partial charge on any atom is 0.248 e. The zero-order chi connectivity index (χ0) is 25.8. The van der Waals surface area contributed by atoms with Gasteiger partial charge in [-0.15, -0.1) is 0 Å². The first-order chi connectivity index (χ1) is 17.9. The van der Waals surface area contributed by atoms with Gasteiger partial charge in [0.15, 0.2) is 11.6 Å². The van der Waals surface area contributed by atoms with E-state index in [0.717, 1.165) is 12.8 Å². The Morgan fingerprint density at radius 3 is 2.84 bits per heavy atom. The number of fused-ring (bicyclic) bond motifs is 4. The highest BCUT2D eigenvalue weighted by atomic mass is 79.9. The smallest absolute Gasteiger partial charge is 0.248 e. The highest BCUT2D eigenvalue weighted by Crippen LogP contribution is 2.44. The van der Waals surface area contributed by atoms with Crippen LogP contribution in [0.15, 0.2) is 41.3 Å². The van der Waals surface area contributed by atoms with Crippen LogP contribution in [0.4, 0.5) is 16.0 Å². The zero-order valence-corrected chi connectivity index (χ0v) is 21.4. The van der Waals surface area contributed by atoms with Crippen LogP contribution in [0.25, 0.3) is 21.9 Å². The van der Waals surface area contributed by atoms with Gasteiger partial charge in [0.2, 0.25) is 11.8 Å². The van der Waals surface area contributed by atoms with Gasteiger partial charge in [0.05, 0.1) is 18.0 Å². The number of anilines is 2. The van der Waals surface area contributed by atoms with Gasteiger partial charge in [-0.3, -0.25) is 9.59 Å². The molecular formula is C25H23BrFN7O3. The predicted molar refractivity (Wildman–Crippen MR) is 138 cm³/mol. The van der Waals surface area contributed by atoms with Crippen LogP contribution in [0.1, 0.15) is 19.3 Å². The van der Waals surface area contributed by atoms with Gasteiger partial charge in [0, 0.05) is 17.5 Å². The van der Waals surface area contributed by atoms with Gasteiger partial charge in [0.25, 0.3) is 0 Å². The van der Waals surface area contributed by atoms with Crippen LogP contribution in [0.3, 0.4) is 0 Å². The molecule has 1 aliphatic carbocycles. The minimum absolute atomic E-state index is 0.00140. The van der Waals surface area contributed by atoms with Crippen molar-refractivity contribution in [2.45, 2.75) is 37.9 Å². The van der Waals surface area contributed by atoms with Crippen molar-refractivity contribution in [2.24, 2.45) is 5.92 Å². The minimum Gasteiger partial charge on any atom is -0.494 e. The van der Waals surface area contributed by atoms with Crippen LogP contribution in [0.5, 0.6) is 5.75 Å². The van der Waals surface area contributed by atoms with Crippen molar-refractivity contribution in [3.63, 3.8) is 0 Å². The number of methoxy groups -OCH3 is 1. The molecule has 0 unspecified atom stereocenters. The Morgan fingerprint density at radius 2 is 2.11 bits per heavy atom. The Morgan fingerprint density at radius 1 is 1.27 bits per heavy atom. The first-order valence-corrected chi connectivity index (χ1v) is 12.7. The summed E-state index contributed by atoms with van der Waals surface area (Å²) in [7, 11) is 1.38. The maximum atomic E-state index is 14.6. The van der Waals surface area contributed by atoms with Crippen LogP contribution in [-0.4, -0.2) is 55.4 Å². The van der Waals surface area contributed by atoms with Gasteiger partial charge >= 0.3 is 0 Å². The third kappa shape index (κ3) is 3.86. The molecule has 6 rings (SSSR count). The normalized spacial score (nSPS) is 20.6. The Labute approximate surface area is 219 Å². The summed E-state index contributed by atoms with van der Waals surface area (Å²) in [4.78, 5) is 41.5. The number of rotatable bonds is 5. The number of aromatic nitrogens is 4. The summed E-state index contributed by atoms with van der Waals surface area (Å²) in [5, 5.41) is 3.80. The molecule has 1 aliphatic heterocycles. The summed E-state index contributed by atoms with van der Waals surface area (Å²) >= 11 is 3.31. The van der Waals surface area contributed by atoms with E-state index in [1.165, 1.54) is 25.6 Å². The quantitative estimate of drug-likeness (QED) is 0.353. The van der Waals surface area contributed by atoms with Crippen LogP contribution in [0, 0.1) is 11.7 Å². The Kier molecular flexibility index (Phi) is 5.70. The van der Waals surface area contributed by atoms with E-state index in [4.69, 9.17) is 10.5 Å². The number of nitrogen functional groups attached to an aromatic ring is 1. The van der Waals surface area contributed by atoms with Crippen molar-refractivity contribution >= 4 is 61.3 Å². The van der Waals surface area contributed by atoms with Crippen molar-refractivity contribution in [3.8, 4) is 5.75 Å². The Balaban J connectivity index is 1.36. The first-order valence-electron chi connectivity index (χ1n) is 11.9. The van der Waals surface area contributed by atoms with Gasteiger partial charge in [0.1, 0.15) is 40.8 Å². The van der Waals surface area contributed by atoms with E-state index in [9.17, 15) is 14.0 Å². The number of hydrogen-bond donors (Lipinski definition) is 2. The van der Waals surface area contributed by atoms with Crippen LogP contribution in [-0.2, 0) is 16.1 Å². The molecule has 2 aliphatic rings. The maximum absolute atomic E-state index is 14.6. The molecular weight excluding hydrogens is 545 g/mol. The second-order valence-corrected chi connectivity index (χ2v) is 10.2. The predicted octanol–water partition coefficient (Wildman–Crippen LogP) is 3.49. The van der Waals surface area contributed by atoms with Crippen LogP contribution in [0.2, 0.25) is 0 Å². The fourth-order valence-corrected chi connectivity index (χ4v) is 5.91. The van der Waals surface area contributed by atoms with Gasteiger partial charge < -0.3 is 25.3 Å². The minimum atomic E-state index is -0.620. The van der Waals surface area contributed by atoms with E-state index < -0.39 is 11.9 Å². The molecule has 10 nitrogen and oxygen atoms in total. The lowest BCUT2D eigenvalue weighted by atomic mass is 9.80. The standard InChI is InChI=1S/C25H23BrFN7O3/c1-37-18-9-16-13(8-14(18)27)22-23(28)29-11-30-24(22)33(16)10-21(35)34-15-6-5-12(15)7-17(34)25(36)32-20-4-2-3-19(26)31-20/h2-4,8-9,11-12,15,17H,5-7,10H2,1H3,(H2,28,29,30)(H,31,32,36)/t12-,15-,17+/m1/s1. The second-order valence-electron chi connectivity index (χ2n) is 9.34. The number of pyridine rings is 1. The number of carbonyl (C=O) groups excluding carboxylic acids is 2. The number of likely N-dealkylation sites (tertiary alicyclic amines) is 1. The number of halogens is 2. The summed E-state index contributed by atoms with van der Waals surface area (Å²) in [6.07, 6.45) is 3.72. The largest absolute Gasteiger partial charge is 0.494 e. The molecule has 0 spiro atoms. The van der Waals surface area contributed by atoms with Gasteiger partial charge in [-0.05, 0) is 59.3 Å². The molecule has 3 atom stereocenters. The number of benzene rings is 1. The van der Waals surface area contributed by atoms with Gasteiger partial charge in [-0.1, -0.05) is 6.07 Å². The Hall–Kier alpha value is -3.80. The highest BCUT2D eigenvalue weighted by molar-refractivity contribution is 9.10. The summed E-state index contributed by atoms with van der Waals surface area (Å²) < 4.78 is 22.1. The lowest BCUT2D eigenvalue weighted by Gasteiger charge is -2.37. The average molecular weight is 568 g/mol. The van der Waals surface area contributed by atoms with E-state index in [2.05, 4.69) is 36.2 Å². The number of hydrogen-bond acceptors (Lipinski definition) is 7. The fraction of sp³-hybridized carbons (Fsp3) is 0.320. The fourth-order valence-electron chi connectivity index (χ4n) is 5.57. The van der Waals surface area contributed by atoms with Crippen LogP contribution >= 0.6 is 15.9 Å². The first kappa shape index (κ1) is 23.6. The van der Waals surface area contributed by atoms with Crippen molar-refractivity contribution in [3.05, 3.63) is 47.1 Å². The Bertz CT molecular complexity index is 1580. The number of amides is 2. The molecule has 0 radical (unpaired) electrons. The van der Waals surface area contributed by atoms with Crippen LogP contribution < -0.4 is 15.8 Å². The molecule has 2 fully saturated rings. The molecule has 190 valence electrons. The summed E-state index contributed by atoms with van der Waals surface area (Å²) in [6.45, 7) is -0.104. The van der Waals surface area contributed by atoms with E-state index in [1.54, 1.807) is 27.7 Å². The SMILES string of the molecule is COc1cc2c(cc1F)c1c(N)ncnc1n2CC(=O)N1[C@@H]2CC[C@@H]2C[C@H]1C(=O)Nc1cccc(Br)n1. The second kappa shape index (κ2) is 8.94. The van der Waals surface area contributed by atoms with E-state index in [-0.39, 0.29) is 41.9 Å². The van der Waals surface area contributed by atoms with Gasteiger partial charge in [-0.25, -0.2) is 19.3 Å². The summed E-state index contributed by atoms with van der Waals surface area (Å²) in [5.41, 5.74) is 7.08. The van der Waals surface area contributed by atoms with Gasteiger partial charge in [-0.2, -0.15) is 0 Å². The van der Waals surface area contributed by atoms with Crippen molar-refractivity contribution in [2.75, 3.05) is 18.2 Å². The highest BCUT2D eigenvalue weighted by Gasteiger charge is 2.51. The molecule has 3 N–H and O–H groups in total. The molecule has 1 saturated carbocycles. The molecule has 37 heavy (non-hydrogen) atoms. The van der Waals surface area contributed by atoms with Crippen molar-refractivity contribution in [1.82, 2.24) is 24.4 Å². The van der Waals surface area contributed by atoms with E-state index in [1.807, 2.05) is 0 Å². The number of ether oxygens (including phenoxy) is 1. The van der Waals surface area contributed by atoms with E-state index >= 15 is 0 Å². The lowest BCUT2D eigenvalue weighted by Crippen LogP contribution is -2.50. The third-order valence-electron chi connectivity index (χ3n) is 7.39. The zero-order valence-electron chi connectivity index (χ0n) is 19.8. The molecule has 12 heteroatoms. The molecule has 1 saturated heterocycles. The number of carbonyl (C=O) groups is 2. The molecule has 3 aromatic heterocycles. The number of nitrogens with two attached hydrogens (primary N) is 1. The molecule has 0 bridgehead atoms. The number of nitrogens with zero attached hydrogens (tertiary/aromatic N) is 5. The van der Waals surface area contributed by atoms with Crippen molar-refractivity contribution < 1.29 is 18.7 Å². The molecule has 2 amide bonds. The lowest BCUT2D eigenvalue weighted by molar-refractivity contribution is -0.140. The topological polar surface area (TPSA) is 128 Å². The third-order valence-corrected chi connectivity index (χ3v) is 7.83. The van der Waals surface area contributed by atoms with Crippen molar-refractivity contribution in [1.29, 1.82) is 0 Å². The summed E-state index contributed by atoms with van der Waals surface area (Å²) in [6, 6.07) is 7.47. The summed E-state index contributed by atoms with van der Waals surface area (Å²) in [5.74, 6) is -0.146. The average Bonchev–Trinajstić information content (AvgIpc) is 3.29. The molecule has 4 aromatic rings. The van der Waals surface area contributed by atoms with E-state index in [0.29, 0.717) is 38.8 Å². The molecule has 1 aromatic carbocycles. The number of nitrogens with one attached hydrogen (secondary N) is 1. The molecule has 4 heterocycles.